The van der Waals surface area contributed by atoms with Crippen molar-refractivity contribution in [2.45, 2.75) is 26.2 Å². The number of anilines is 1. The molecule has 5 nitrogen and oxygen atoms in total. The first-order valence-electron chi connectivity index (χ1n) is 6.97. The molecule has 1 aromatic rings. The number of rotatable bonds is 5. The minimum Gasteiger partial charge on any atom is -0.482 e. The van der Waals surface area contributed by atoms with E-state index in [0.29, 0.717) is 5.75 Å². The van der Waals surface area contributed by atoms with Gasteiger partial charge in [-0.2, -0.15) is 0 Å². The van der Waals surface area contributed by atoms with Crippen LogP contribution in [0.1, 0.15) is 24.8 Å². The van der Waals surface area contributed by atoms with E-state index in [9.17, 15) is 9.59 Å². The first kappa shape index (κ1) is 15.1. The van der Waals surface area contributed by atoms with Gasteiger partial charge in [-0.25, -0.2) is 4.79 Å². The Balaban J connectivity index is 1.98. The Kier molecular flexibility index (Phi) is 4.98. The predicted molar refractivity (Wildman–Crippen MR) is 79.4 cm³/mol. The van der Waals surface area contributed by atoms with Crippen molar-refractivity contribution in [2.24, 2.45) is 5.92 Å². The maximum atomic E-state index is 12.2. The van der Waals surface area contributed by atoms with E-state index >= 15 is 0 Å². The van der Waals surface area contributed by atoms with Crippen molar-refractivity contribution in [2.75, 3.05) is 11.9 Å². The quantitative estimate of drug-likeness (QED) is 0.817. The topological polar surface area (TPSA) is 75.6 Å². The van der Waals surface area contributed by atoms with Crippen molar-refractivity contribution in [1.29, 1.82) is 0 Å². The van der Waals surface area contributed by atoms with Crippen molar-refractivity contribution < 1.29 is 19.4 Å². The van der Waals surface area contributed by atoms with Crippen LogP contribution in [-0.4, -0.2) is 23.6 Å². The summed E-state index contributed by atoms with van der Waals surface area (Å²) in [7, 11) is 0. The largest absolute Gasteiger partial charge is 0.482 e. The summed E-state index contributed by atoms with van der Waals surface area (Å²) in [5.41, 5.74) is 1.58. The Hall–Kier alpha value is -2.30. The molecule has 5 heteroatoms. The number of carboxylic acids is 1. The molecule has 21 heavy (non-hydrogen) atoms. The maximum absolute atomic E-state index is 12.2. The number of hydrogen-bond donors (Lipinski definition) is 2. The van der Waals surface area contributed by atoms with Gasteiger partial charge in [-0.3, -0.25) is 4.79 Å². The summed E-state index contributed by atoms with van der Waals surface area (Å²) in [5.74, 6) is -0.483. The normalized spacial score (nSPS) is 17.3. The molecule has 1 atom stereocenters. The van der Waals surface area contributed by atoms with Crippen LogP contribution in [0.4, 0.5) is 5.69 Å². The van der Waals surface area contributed by atoms with E-state index in [1.165, 1.54) is 0 Å². The highest BCUT2D eigenvalue weighted by atomic mass is 16.5. The van der Waals surface area contributed by atoms with Gasteiger partial charge in [-0.05, 0) is 49.9 Å². The molecule has 0 bridgehead atoms. The van der Waals surface area contributed by atoms with Gasteiger partial charge in [0.15, 0.2) is 6.61 Å². The zero-order chi connectivity index (χ0) is 15.2. The Morgan fingerprint density at radius 3 is 2.81 bits per heavy atom. The molecule has 0 saturated heterocycles. The van der Waals surface area contributed by atoms with Gasteiger partial charge >= 0.3 is 5.97 Å². The smallest absolute Gasteiger partial charge is 0.341 e. The van der Waals surface area contributed by atoms with Gasteiger partial charge in [-0.1, -0.05) is 12.2 Å². The van der Waals surface area contributed by atoms with Crippen LogP contribution in [0, 0.1) is 12.8 Å². The average molecular weight is 289 g/mol. The third-order valence-corrected chi connectivity index (χ3v) is 3.46. The Bertz CT molecular complexity index is 565. The van der Waals surface area contributed by atoms with E-state index in [1.807, 2.05) is 13.0 Å². The van der Waals surface area contributed by atoms with Crippen molar-refractivity contribution >= 4 is 17.6 Å². The van der Waals surface area contributed by atoms with Crippen LogP contribution in [0.2, 0.25) is 0 Å². The highest BCUT2D eigenvalue weighted by Crippen LogP contribution is 2.24. The lowest BCUT2D eigenvalue weighted by atomic mass is 9.93. The molecule has 0 aliphatic heterocycles. The summed E-state index contributed by atoms with van der Waals surface area (Å²) >= 11 is 0. The number of carbonyl (C=O) groups is 2. The van der Waals surface area contributed by atoms with Gasteiger partial charge in [0.2, 0.25) is 5.91 Å². The maximum Gasteiger partial charge on any atom is 0.341 e. The second-order valence-electron chi connectivity index (χ2n) is 5.13. The molecule has 1 amide bonds. The molecule has 1 aliphatic carbocycles. The number of ether oxygens (including phenoxy) is 1. The molecule has 1 unspecified atom stereocenters. The average Bonchev–Trinajstić information content (AvgIpc) is 2.48. The van der Waals surface area contributed by atoms with Crippen LogP contribution in [-0.2, 0) is 9.59 Å². The molecule has 0 saturated carbocycles. The van der Waals surface area contributed by atoms with Gasteiger partial charge in [0, 0.05) is 11.6 Å². The van der Waals surface area contributed by atoms with Crippen LogP contribution >= 0.6 is 0 Å². The highest BCUT2D eigenvalue weighted by molar-refractivity contribution is 5.93. The number of aliphatic carboxylic acids is 1. The Morgan fingerprint density at radius 1 is 1.38 bits per heavy atom. The minimum atomic E-state index is -1.02. The predicted octanol–water partition coefficient (Wildman–Crippen LogP) is 2.75. The second kappa shape index (κ2) is 6.92. The number of hydrogen-bond acceptors (Lipinski definition) is 3. The van der Waals surface area contributed by atoms with Crippen LogP contribution in [0.25, 0.3) is 0 Å². The van der Waals surface area contributed by atoms with Gasteiger partial charge < -0.3 is 15.2 Å². The number of amides is 1. The number of allylic oxidation sites excluding steroid dienone is 2. The fourth-order valence-corrected chi connectivity index (χ4v) is 2.28. The summed E-state index contributed by atoms with van der Waals surface area (Å²) in [6, 6.07) is 5.12. The molecule has 2 N–H and O–H groups in total. The van der Waals surface area contributed by atoms with Crippen molar-refractivity contribution in [3.8, 4) is 5.75 Å². The monoisotopic (exact) mass is 289 g/mol. The molecule has 0 fully saturated rings. The molecule has 0 aromatic heterocycles. The summed E-state index contributed by atoms with van der Waals surface area (Å²) in [6.45, 7) is 1.48. The SMILES string of the molecule is Cc1cc(OCC(=O)O)ccc1NC(=O)C1CC=CCC1. The molecule has 0 spiro atoms. The van der Waals surface area contributed by atoms with Crippen LogP contribution in [0.15, 0.2) is 30.4 Å². The molecule has 2 rings (SSSR count). The number of nitrogens with one attached hydrogen (secondary N) is 1. The third-order valence-electron chi connectivity index (χ3n) is 3.46. The van der Waals surface area contributed by atoms with Crippen LogP contribution in [0.3, 0.4) is 0 Å². The van der Waals surface area contributed by atoms with Crippen molar-refractivity contribution in [3.63, 3.8) is 0 Å². The van der Waals surface area contributed by atoms with E-state index in [4.69, 9.17) is 9.84 Å². The van der Waals surface area contributed by atoms with E-state index in [2.05, 4.69) is 11.4 Å². The lowest BCUT2D eigenvalue weighted by molar-refractivity contribution is -0.139. The van der Waals surface area contributed by atoms with E-state index in [1.54, 1.807) is 18.2 Å². The van der Waals surface area contributed by atoms with Gasteiger partial charge in [-0.15, -0.1) is 0 Å². The number of benzene rings is 1. The Morgan fingerprint density at radius 2 is 2.19 bits per heavy atom. The van der Waals surface area contributed by atoms with E-state index in [-0.39, 0.29) is 18.4 Å². The summed E-state index contributed by atoms with van der Waals surface area (Å²) < 4.78 is 5.10. The molecule has 0 radical (unpaired) electrons. The Labute approximate surface area is 123 Å². The molecule has 1 aromatic carbocycles. The minimum absolute atomic E-state index is 0.0253. The zero-order valence-corrected chi connectivity index (χ0v) is 12.0. The molecule has 0 heterocycles. The van der Waals surface area contributed by atoms with Gasteiger partial charge in [0.05, 0.1) is 0 Å². The van der Waals surface area contributed by atoms with Gasteiger partial charge in [0.25, 0.3) is 0 Å². The number of carboxylic acid groups (broad SMARTS) is 1. The summed E-state index contributed by atoms with van der Waals surface area (Å²) in [5, 5.41) is 11.5. The zero-order valence-electron chi connectivity index (χ0n) is 12.0. The van der Waals surface area contributed by atoms with Crippen molar-refractivity contribution in [1.82, 2.24) is 0 Å². The number of aryl methyl sites for hydroxylation is 1. The molecular weight excluding hydrogens is 270 g/mol. The van der Waals surface area contributed by atoms with E-state index < -0.39 is 5.97 Å². The first-order chi connectivity index (χ1) is 10.1. The highest BCUT2D eigenvalue weighted by Gasteiger charge is 2.19. The first-order valence-corrected chi connectivity index (χ1v) is 6.97. The fraction of sp³-hybridized carbons (Fsp3) is 0.375. The number of carbonyl (C=O) groups excluding carboxylic acids is 1. The molecule has 112 valence electrons. The standard InChI is InChI=1S/C16H19NO4/c1-11-9-13(21-10-15(18)19)7-8-14(11)17-16(20)12-5-3-2-4-6-12/h2-3,7-9,12H,4-6,10H2,1H3,(H,17,20)(H,18,19). The van der Waals surface area contributed by atoms with Crippen molar-refractivity contribution in [3.05, 3.63) is 35.9 Å². The second-order valence-corrected chi connectivity index (χ2v) is 5.13. The lowest BCUT2D eigenvalue weighted by Crippen LogP contribution is -2.23. The molecular formula is C16H19NO4. The van der Waals surface area contributed by atoms with Gasteiger partial charge in [0.1, 0.15) is 5.75 Å². The fourth-order valence-electron chi connectivity index (χ4n) is 2.28. The lowest BCUT2D eigenvalue weighted by Gasteiger charge is -2.18. The van der Waals surface area contributed by atoms with Crippen LogP contribution in [0.5, 0.6) is 5.75 Å². The van der Waals surface area contributed by atoms with E-state index in [0.717, 1.165) is 30.5 Å². The van der Waals surface area contributed by atoms with Crippen LogP contribution < -0.4 is 10.1 Å². The summed E-state index contributed by atoms with van der Waals surface area (Å²) in [4.78, 5) is 22.6. The third kappa shape index (κ3) is 4.34. The summed E-state index contributed by atoms with van der Waals surface area (Å²) in [6.07, 6.45) is 6.75. The molecule has 1 aliphatic rings.